The fraction of sp³-hybridized carbons (Fsp3) is 0.591. The minimum atomic E-state index is -1.74. The molecule has 0 bridgehead atoms. The van der Waals surface area contributed by atoms with E-state index < -0.39 is 41.5 Å². The van der Waals surface area contributed by atoms with Crippen LogP contribution in [0.2, 0.25) is 0 Å². The minimum absolute atomic E-state index is 0.118. The van der Waals surface area contributed by atoms with E-state index in [0.717, 1.165) is 0 Å². The van der Waals surface area contributed by atoms with E-state index in [2.05, 4.69) is 6.58 Å². The Bertz CT molecular complexity index is 758. The summed E-state index contributed by atoms with van der Waals surface area (Å²) in [7, 11) is 0. The van der Waals surface area contributed by atoms with Crippen LogP contribution in [0.4, 0.5) is 0 Å². The van der Waals surface area contributed by atoms with Crippen molar-refractivity contribution in [3.63, 3.8) is 0 Å². The van der Waals surface area contributed by atoms with Crippen molar-refractivity contribution in [2.45, 2.75) is 70.1 Å². The summed E-state index contributed by atoms with van der Waals surface area (Å²) in [6.45, 7) is 12.9. The van der Waals surface area contributed by atoms with Gasteiger partial charge in [0.15, 0.2) is 23.3 Å². The molecule has 1 N–H and O–H groups in total. The average Bonchev–Trinajstić information content (AvgIpc) is 3.20. The lowest BCUT2D eigenvalue weighted by Crippen LogP contribution is -2.60. The molecule has 29 heavy (non-hydrogen) atoms. The van der Waals surface area contributed by atoms with Crippen molar-refractivity contribution in [2.24, 2.45) is 0 Å². The van der Waals surface area contributed by atoms with Gasteiger partial charge in [-0.05, 0) is 52.3 Å². The molecule has 1 aromatic rings. The van der Waals surface area contributed by atoms with Crippen molar-refractivity contribution < 1.29 is 33.6 Å². The maximum atomic E-state index is 12.9. The predicted octanol–water partition coefficient (Wildman–Crippen LogP) is 2.82. The average molecular weight is 406 g/mol. The first-order valence-corrected chi connectivity index (χ1v) is 9.72. The molecule has 7 nitrogen and oxygen atoms in total. The van der Waals surface area contributed by atoms with E-state index >= 15 is 0 Å². The van der Waals surface area contributed by atoms with Crippen molar-refractivity contribution in [1.82, 2.24) is 0 Å². The Labute approximate surface area is 171 Å². The number of carbonyl (C=O) groups excluding carboxylic acids is 1. The van der Waals surface area contributed by atoms with Crippen molar-refractivity contribution in [3.8, 4) is 0 Å². The summed E-state index contributed by atoms with van der Waals surface area (Å²) in [5.74, 6) is -2.33. The van der Waals surface area contributed by atoms with Gasteiger partial charge in [-0.1, -0.05) is 24.8 Å². The monoisotopic (exact) mass is 406 g/mol. The lowest BCUT2D eigenvalue weighted by molar-refractivity contribution is -0.207. The normalized spacial score (nSPS) is 28.5. The Kier molecular flexibility index (Phi) is 5.91. The predicted molar refractivity (Wildman–Crippen MR) is 105 cm³/mol. The van der Waals surface area contributed by atoms with Gasteiger partial charge in [-0.3, -0.25) is 0 Å². The van der Waals surface area contributed by atoms with Gasteiger partial charge in [0, 0.05) is 0 Å². The topological polar surface area (TPSA) is 83.5 Å². The first-order valence-electron chi connectivity index (χ1n) is 9.72. The molecule has 2 fully saturated rings. The number of ether oxygens (including phenoxy) is 5. The molecular weight excluding hydrogens is 376 g/mol. The molecule has 2 aliphatic heterocycles. The van der Waals surface area contributed by atoms with Crippen LogP contribution in [0.25, 0.3) is 0 Å². The molecule has 2 aliphatic rings. The molecule has 160 valence electrons. The molecule has 3 rings (SSSR count). The third kappa shape index (κ3) is 4.54. The molecule has 7 heteroatoms. The second-order valence-corrected chi connectivity index (χ2v) is 8.48. The van der Waals surface area contributed by atoms with Gasteiger partial charge in [-0.25, -0.2) is 4.79 Å². The van der Waals surface area contributed by atoms with Gasteiger partial charge in [0.25, 0.3) is 0 Å². The second-order valence-electron chi connectivity index (χ2n) is 8.48. The fourth-order valence-corrected chi connectivity index (χ4v) is 3.68. The van der Waals surface area contributed by atoms with Gasteiger partial charge in [0.05, 0.1) is 18.8 Å². The Balaban J connectivity index is 1.96. The van der Waals surface area contributed by atoms with Crippen LogP contribution in [0.15, 0.2) is 42.5 Å². The zero-order valence-electron chi connectivity index (χ0n) is 17.6. The number of aliphatic hydroxyl groups is 1. The highest BCUT2D eigenvalue weighted by Crippen LogP contribution is 2.40. The fourth-order valence-electron chi connectivity index (χ4n) is 3.68. The molecule has 4 atom stereocenters. The number of carbonyl (C=O) groups is 1. The number of hydrogen-bond donors (Lipinski definition) is 1. The summed E-state index contributed by atoms with van der Waals surface area (Å²) in [5.41, 5.74) is -1.00. The van der Waals surface area contributed by atoms with Gasteiger partial charge in [-0.2, -0.15) is 0 Å². The molecular formula is C22H30O7. The first-order chi connectivity index (χ1) is 13.4. The molecule has 0 radical (unpaired) electrons. The largest absolute Gasteiger partial charge is 0.452 e. The van der Waals surface area contributed by atoms with Crippen LogP contribution in [-0.2, 0) is 23.7 Å². The van der Waals surface area contributed by atoms with E-state index in [4.69, 9.17) is 23.7 Å². The lowest BCUT2D eigenvalue weighted by Gasteiger charge is -2.41. The number of hydrogen-bond acceptors (Lipinski definition) is 7. The van der Waals surface area contributed by atoms with E-state index in [0.29, 0.717) is 11.1 Å². The Hall–Kier alpha value is -1.77. The van der Waals surface area contributed by atoms with E-state index in [1.807, 2.05) is 0 Å². The van der Waals surface area contributed by atoms with Crippen LogP contribution in [0, 0.1) is 0 Å². The molecule has 0 unspecified atom stereocenters. The third-order valence-electron chi connectivity index (χ3n) is 5.23. The third-order valence-corrected chi connectivity index (χ3v) is 5.23. The van der Waals surface area contributed by atoms with Crippen LogP contribution >= 0.6 is 0 Å². The van der Waals surface area contributed by atoms with Crippen LogP contribution in [-0.4, -0.2) is 59.8 Å². The zero-order chi connectivity index (χ0) is 21.4. The SMILES string of the molecule is C=C(C)[C@](O)([C@@H]1COC(C)(C)O1)[C@@H](OC(=O)c1ccccc1)[C@@H]1COC(C)(C)O1. The van der Waals surface area contributed by atoms with Gasteiger partial charge in [0.1, 0.15) is 12.2 Å². The molecule has 2 heterocycles. The van der Waals surface area contributed by atoms with Gasteiger partial charge in [0.2, 0.25) is 0 Å². The van der Waals surface area contributed by atoms with Crippen molar-refractivity contribution >= 4 is 5.97 Å². The highest BCUT2D eigenvalue weighted by atomic mass is 16.8. The van der Waals surface area contributed by atoms with E-state index in [-0.39, 0.29) is 13.2 Å². The molecule has 2 saturated heterocycles. The van der Waals surface area contributed by atoms with Gasteiger partial charge >= 0.3 is 5.97 Å². The highest BCUT2D eigenvalue weighted by molar-refractivity contribution is 5.89. The molecule has 0 aliphatic carbocycles. The highest BCUT2D eigenvalue weighted by Gasteiger charge is 2.57. The smallest absolute Gasteiger partial charge is 0.338 e. The van der Waals surface area contributed by atoms with Crippen LogP contribution < -0.4 is 0 Å². The van der Waals surface area contributed by atoms with Gasteiger partial charge in [-0.15, -0.1) is 0 Å². The molecule has 0 aromatic heterocycles. The molecule has 0 amide bonds. The Morgan fingerprint density at radius 1 is 1.14 bits per heavy atom. The quantitative estimate of drug-likeness (QED) is 0.574. The summed E-state index contributed by atoms with van der Waals surface area (Å²) in [5, 5.41) is 11.8. The zero-order valence-corrected chi connectivity index (χ0v) is 17.6. The van der Waals surface area contributed by atoms with Crippen molar-refractivity contribution in [3.05, 3.63) is 48.0 Å². The van der Waals surface area contributed by atoms with Crippen molar-refractivity contribution in [2.75, 3.05) is 13.2 Å². The van der Waals surface area contributed by atoms with Crippen LogP contribution in [0.3, 0.4) is 0 Å². The number of rotatable bonds is 6. The number of benzene rings is 1. The van der Waals surface area contributed by atoms with E-state index in [1.165, 1.54) is 0 Å². The van der Waals surface area contributed by atoms with E-state index in [9.17, 15) is 9.90 Å². The summed E-state index contributed by atoms with van der Waals surface area (Å²) >= 11 is 0. The van der Waals surface area contributed by atoms with Crippen LogP contribution in [0.5, 0.6) is 0 Å². The Morgan fingerprint density at radius 3 is 2.21 bits per heavy atom. The second kappa shape index (κ2) is 7.81. The molecule has 0 spiro atoms. The lowest BCUT2D eigenvalue weighted by atomic mass is 9.81. The first kappa shape index (κ1) is 21.9. The minimum Gasteiger partial charge on any atom is -0.452 e. The summed E-state index contributed by atoms with van der Waals surface area (Å²) in [6, 6.07) is 8.58. The summed E-state index contributed by atoms with van der Waals surface area (Å²) in [4.78, 5) is 12.9. The maximum absolute atomic E-state index is 12.9. The van der Waals surface area contributed by atoms with Gasteiger partial charge < -0.3 is 28.8 Å². The number of esters is 1. The summed E-state index contributed by atoms with van der Waals surface area (Å²) < 4.78 is 29.1. The molecule has 1 aromatic carbocycles. The summed E-state index contributed by atoms with van der Waals surface area (Å²) in [6.07, 6.45) is -2.63. The standard InChI is InChI=1S/C22H30O7/c1-14(2)22(24,17-13-26-21(5,6)29-17)18(16-12-25-20(3,4)28-16)27-19(23)15-10-8-7-9-11-15/h7-11,16-18,24H,1,12-13H2,2-6H3/t16-,17-,18-,22-/m0/s1. The van der Waals surface area contributed by atoms with Crippen molar-refractivity contribution in [1.29, 1.82) is 0 Å². The maximum Gasteiger partial charge on any atom is 0.338 e. The van der Waals surface area contributed by atoms with E-state index in [1.54, 1.807) is 65.0 Å². The molecule has 0 saturated carbocycles. The Morgan fingerprint density at radius 2 is 1.72 bits per heavy atom. The van der Waals surface area contributed by atoms with Crippen LogP contribution in [0.1, 0.15) is 45.0 Å².